The first-order valence-corrected chi connectivity index (χ1v) is 8.26. The fourth-order valence-electron chi connectivity index (χ4n) is 1.94. The normalized spacial score (nSPS) is 22.5. The zero-order valence-electron chi connectivity index (χ0n) is 10.5. The van der Waals surface area contributed by atoms with E-state index in [2.05, 4.69) is 11.6 Å². The van der Waals surface area contributed by atoms with E-state index >= 15 is 0 Å². The molecule has 0 aromatic heterocycles. The molecule has 0 radical (unpaired) electrons. The Hall–Kier alpha value is -0.330. The lowest BCUT2D eigenvalue weighted by Gasteiger charge is -2.11. The first-order chi connectivity index (χ1) is 8.85. The van der Waals surface area contributed by atoms with E-state index in [4.69, 9.17) is 28.9 Å². The van der Waals surface area contributed by atoms with E-state index in [1.807, 2.05) is 0 Å². The van der Waals surface area contributed by atoms with Gasteiger partial charge in [-0.15, -0.1) is 0 Å². The summed E-state index contributed by atoms with van der Waals surface area (Å²) >= 11 is 12.0. The van der Waals surface area contributed by atoms with Crippen LogP contribution in [-0.4, -0.2) is 15.0 Å². The van der Waals surface area contributed by atoms with E-state index < -0.39 is 10.0 Å². The summed E-state index contributed by atoms with van der Waals surface area (Å²) in [5.74, 6) is 0.999. The Morgan fingerprint density at radius 1 is 1.42 bits per heavy atom. The summed E-state index contributed by atoms with van der Waals surface area (Å²) < 4.78 is 27.0. The fraction of sp³-hybridized carbons (Fsp3) is 0.500. The highest BCUT2D eigenvalue weighted by Crippen LogP contribution is 2.37. The Balaban J connectivity index is 2.26. The van der Waals surface area contributed by atoms with Crippen molar-refractivity contribution in [2.45, 2.75) is 24.8 Å². The zero-order valence-corrected chi connectivity index (χ0v) is 12.8. The van der Waals surface area contributed by atoms with Crippen LogP contribution in [0.4, 0.5) is 0 Å². The van der Waals surface area contributed by atoms with Gasteiger partial charge in [0.05, 0.1) is 5.02 Å². The van der Waals surface area contributed by atoms with Crippen molar-refractivity contribution in [3.8, 4) is 0 Å². The second-order valence-corrected chi connectivity index (χ2v) is 7.46. The number of nitrogens with two attached hydrogens (primary N) is 1. The Labute approximate surface area is 123 Å². The minimum absolute atomic E-state index is 0.00424. The van der Waals surface area contributed by atoms with Gasteiger partial charge in [-0.3, -0.25) is 0 Å². The molecule has 1 aromatic rings. The van der Waals surface area contributed by atoms with Crippen LogP contribution in [0.25, 0.3) is 0 Å². The molecule has 2 rings (SSSR count). The lowest BCUT2D eigenvalue weighted by Crippen LogP contribution is -2.26. The summed E-state index contributed by atoms with van der Waals surface area (Å²) in [4.78, 5) is -0.00424. The van der Waals surface area contributed by atoms with Crippen molar-refractivity contribution in [2.24, 2.45) is 17.6 Å². The lowest BCUT2D eigenvalue weighted by molar-refractivity contribution is 0.574. The third-order valence-electron chi connectivity index (χ3n) is 3.40. The molecule has 4 nitrogen and oxygen atoms in total. The van der Waals surface area contributed by atoms with E-state index in [1.165, 1.54) is 6.07 Å². The maximum atomic E-state index is 12.2. The molecule has 0 aliphatic heterocycles. The predicted molar refractivity (Wildman–Crippen MR) is 76.8 cm³/mol. The van der Waals surface area contributed by atoms with Gasteiger partial charge in [-0.1, -0.05) is 30.1 Å². The van der Waals surface area contributed by atoms with Crippen LogP contribution in [0.2, 0.25) is 10.0 Å². The largest absolute Gasteiger partial charge is 0.326 e. The second kappa shape index (κ2) is 5.58. The molecule has 0 bridgehead atoms. The second-order valence-electron chi connectivity index (χ2n) is 4.91. The number of hydrogen-bond donors (Lipinski definition) is 2. The number of rotatable bonds is 5. The van der Waals surface area contributed by atoms with Crippen molar-refractivity contribution in [3.63, 3.8) is 0 Å². The van der Waals surface area contributed by atoms with Crippen molar-refractivity contribution in [1.82, 2.24) is 4.72 Å². The van der Waals surface area contributed by atoms with Gasteiger partial charge >= 0.3 is 0 Å². The Morgan fingerprint density at radius 3 is 2.58 bits per heavy atom. The van der Waals surface area contributed by atoms with Crippen LogP contribution in [0.5, 0.6) is 0 Å². The quantitative estimate of drug-likeness (QED) is 0.874. The molecule has 2 unspecified atom stereocenters. The molecule has 0 amide bonds. The summed E-state index contributed by atoms with van der Waals surface area (Å²) in [7, 11) is -3.65. The number of benzene rings is 1. The number of sulfonamides is 1. The van der Waals surface area contributed by atoms with Crippen molar-refractivity contribution >= 4 is 33.2 Å². The molecule has 1 aliphatic carbocycles. The van der Waals surface area contributed by atoms with Gasteiger partial charge in [0.25, 0.3) is 0 Å². The monoisotopic (exact) mass is 322 g/mol. The van der Waals surface area contributed by atoms with E-state index in [1.54, 1.807) is 6.07 Å². The molecule has 1 fully saturated rings. The van der Waals surface area contributed by atoms with E-state index in [-0.39, 0.29) is 16.5 Å². The van der Waals surface area contributed by atoms with Crippen molar-refractivity contribution in [3.05, 3.63) is 27.7 Å². The van der Waals surface area contributed by atoms with Gasteiger partial charge in [0.15, 0.2) is 0 Å². The summed E-state index contributed by atoms with van der Waals surface area (Å²) in [5.41, 5.74) is 6.05. The Bertz CT molecular complexity index is 590. The average Bonchev–Trinajstić information content (AvgIpc) is 3.05. The first kappa shape index (κ1) is 15.1. The van der Waals surface area contributed by atoms with Gasteiger partial charge in [-0.05, 0) is 36.0 Å². The molecular weight excluding hydrogens is 307 g/mol. The molecule has 1 saturated carbocycles. The molecule has 0 heterocycles. The molecule has 19 heavy (non-hydrogen) atoms. The summed E-state index contributed by atoms with van der Waals surface area (Å²) in [6, 6.07) is 2.92. The van der Waals surface area contributed by atoms with Crippen LogP contribution in [0.15, 0.2) is 17.0 Å². The maximum absolute atomic E-state index is 12.2. The fourth-order valence-corrected chi connectivity index (χ4v) is 3.98. The van der Waals surface area contributed by atoms with Crippen LogP contribution >= 0.6 is 23.2 Å². The van der Waals surface area contributed by atoms with Gasteiger partial charge in [0.2, 0.25) is 10.0 Å². The third kappa shape index (κ3) is 3.41. The van der Waals surface area contributed by atoms with Crippen LogP contribution in [0.3, 0.4) is 0 Å². The van der Waals surface area contributed by atoms with Crippen LogP contribution in [-0.2, 0) is 16.6 Å². The van der Waals surface area contributed by atoms with E-state index in [0.29, 0.717) is 29.0 Å². The topological polar surface area (TPSA) is 72.2 Å². The summed E-state index contributed by atoms with van der Waals surface area (Å²) in [6.07, 6.45) is 1.06. The Kier molecular flexibility index (Phi) is 4.42. The number of hydrogen-bond acceptors (Lipinski definition) is 3. The minimum Gasteiger partial charge on any atom is -0.326 e. The van der Waals surface area contributed by atoms with Gasteiger partial charge in [0.1, 0.15) is 4.90 Å². The lowest BCUT2D eigenvalue weighted by atomic mass is 10.2. The van der Waals surface area contributed by atoms with E-state index in [9.17, 15) is 8.42 Å². The van der Waals surface area contributed by atoms with Crippen LogP contribution in [0, 0.1) is 11.8 Å². The molecule has 0 spiro atoms. The molecular formula is C12H16Cl2N2O2S. The first-order valence-electron chi connectivity index (χ1n) is 6.03. The van der Waals surface area contributed by atoms with E-state index in [0.717, 1.165) is 6.42 Å². The summed E-state index contributed by atoms with van der Waals surface area (Å²) in [5, 5.41) is 0.452. The maximum Gasteiger partial charge on any atom is 0.242 e. The number of halogens is 2. The van der Waals surface area contributed by atoms with Crippen LogP contribution < -0.4 is 10.5 Å². The van der Waals surface area contributed by atoms with Crippen molar-refractivity contribution in [1.29, 1.82) is 0 Å². The number of nitrogens with one attached hydrogen (secondary N) is 1. The van der Waals surface area contributed by atoms with Crippen molar-refractivity contribution < 1.29 is 8.42 Å². The highest BCUT2D eigenvalue weighted by molar-refractivity contribution is 7.89. The molecule has 1 aliphatic rings. The molecule has 2 atom stereocenters. The van der Waals surface area contributed by atoms with Gasteiger partial charge in [-0.25, -0.2) is 13.1 Å². The highest BCUT2D eigenvalue weighted by atomic mass is 35.5. The van der Waals surface area contributed by atoms with Crippen LogP contribution in [0.1, 0.15) is 18.9 Å². The molecule has 7 heteroatoms. The summed E-state index contributed by atoms with van der Waals surface area (Å²) in [6.45, 7) is 2.67. The van der Waals surface area contributed by atoms with Gasteiger partial charge in [0, 0.05) is 18.1 Å². The Morgan fingerprint density at radius 2 is 2.05 bits per heavy atom. The SMILES string of the molecule is CC1CC1CNS(=O)(=O)c1cc(Cl)cc(CN)c1Cl. The molecule has 0 saturated heterocycles. The molecule has 3 N–H and O–H groups in total. The third-order valence-corrected chi connectivity index (χ3v) is 5.62. The van der Waals surface area contributed by atoms with Gasteiger partial charge in [-0.2, -0.15) is 0 Å². The zero-order chi connectivity index (χ0) is 14.2. The average molecular weight is 323 g/mol. The molecule has 1 aromatic carbocycles. The smallest absolute Gasteiger partial charge is 0.242 e. The molecule has 106 valence electrons. The standard InChI is InChI=1S/C12H16Cl2N2O2S/c1-7-2-9(7)6-16-19(17,18)11-4-10(13)3-8(5-15)12(11)14/h3-4,7,9,16H,2,5-6,15H2,1H3. The highest BCUT2D eigenvalue weighted by Gasteiger charge is 2.33. The minimum atomic E-state index is -3.65. The van der Waals surface area contributed by atoms with Crippen molar-refractivity contribution in [2.75, 3.05) is 6.54 Å². The predicted octanol–water partition coefficient (Wildman–Crippen LogP) is 2.39. The van der Waals surface area contributed by atoms with Gasteiger partial charge < -0.3 is 5.73 Å².